The highest BCUT2D eigenvalue weighted by Crippen LogP contribution is 2.26. The van der Waals surface area contributed by atoms with Crippen LogP contribution in [0.25, 0.3) is 0 Å². The van der Waals surface area contributed by atoms with Crippen LogP contribution in [0, 0.1) is 11.3 Å². The summed E-state index contributed by atoms with van der Waals surface area (Å²) in [7, 11) is 1.81. The predicted molar refractivity (Wildman–Crippen MR) is 71.0 cm³/mol. The number of hydrogen-bond donors (Lipinski definition) is 1. The summed E-state index contributed by atoms with van der Waals surface area (Å²) >= 11 is 1.58. The summed E-state index contributed by atoms with van der Waals surface area (Å²) in [5.74, 6) is 0. The topological polar surface area (TPSA) is 79.4 Å². The number of hydrogen-bond acceptors (Lipinski definition) is 6. The van der Waals surface area contributed by atoms with Crippen LogP contribution in [-0.4, -0.2) is 37.0 Å². The van der Waals surface area contributed by atoms with Crippen LogP contribution in [0.4, 0.5) is 0 Å². The van der Waals surface area contributed by atoms with Gasteiger partial charge in [0.1, 0.15) is 5.54 Å². The first-order valence-electron chi connectivity index (χ1n) is 5.94. The molecule has 18 heavy (non-hydrogen) atoms. The molecule has 1 aromatic rings. The minimum absolute atomic E-state index is 0.255. The molecule has 6 nitrogen and oxygen atoms in total. The number of thioether (sulfide) groups is 1. The fraction of sp³-hybridized carbons (Fsp3) is 0.818. The van der Waals surface area contributed by atoms with E-state index in [1.54, 1.807) is 16.4 Å². The zero-order valence-electron chi connectivity index (χ0n) is 11.5. The SMILES string of the molecule is CC(C)NC(C)(C#N)CC(C)Sc1nnnn1C. The van der Waals surface area contributed by atoms with E-state index in [0.717, 1.165) is 11.6 Å². The molecule has 2 atom stereocenters. The zero-order chi connectivity index (χ0) is 13.8. The molecule has 0 radical (unpaired) electrons. The smallest absolute Gasteiger partial charge is 0.209 e. The van der Waals surface area contributed by atoms with E-state index in [1.807, 2.05) is 27.8 Å². The molecule has 0 aliphatic carbocycles. The fourth-order valence-electron chi connectivity index (χ4n) is 1.89. The lowest BCUT2D eigenvalue weighted by Crippen LogP contribution is -2.46. The van der Waals surface area contributed by atoms with Crippen LogP contribution in [0.15, 0.2) is 5.16 Å². The van der Waals surface area contributed by atoms with Crippen molar-refractivity contribution < 1.29 is 0 Å². The van der Waals surface area contributed by atoms with Crippen LogP contribution in [0.1, 0.15) is 34.1 Å². The number of rotatable bonds is 6. The summed E-state index contributed by atoms with van der Waals surface area (Å²) in [6.45, 7) is 8.09. The maximum absolute atomic E-state index is 9.30. The largest absolute Gasteiger partial charge is 0.297 e. The first kappa shape index (κ1) is 14.9. The van der Waals surface area contributed by atoms with Gasteiger partial charge in [0, 0.05) is 18.3 Å². The Morgan fingerprint density at radius 3 is 2.61 bits per heavy atom. The molecule has 1 rings (SSSR count). The number of aromatic nitrogens is 4. The van der Waals surface area contributed by atoms with E-state index < -0.39 is 5.54 Å². The molecule has 0 saturated carbocycles. The first-order chi connectivity index (χ1) is 8.36. The first-order valence-corrected chi connectivity index (χ1v) is 6.82. The Hall–Kier alpha value is -1.13. The average molecular weight is 268 g/mol. The van der Waals surface area contributed by atoms with E-state index in [2.05, 4.69) is 33.8 Å². The number of nitrogens with zero attached hydrogens (tertiary/aromatic N) is 5. The second-order valence-electron chi connectivity index (χ2n) is 4.96. The predicted octanol–water partition coefficient (Wildman–Crippen LogP) is 1.36. The van der Waals surface area contributed by atoms with Crippen molar-refractivity contribution in [2.75, 3.05) is 0 Å². The molecule has 0 fully saturated rings. The third-order valence-electron chi connectivity index (χ3n) is 2.44. The second kappa shape index (κ2) is 6.16. The molecular formula is C11H20N6S. The Morgan fingerprint density at radius 2 is 2.17 bits per heavy atom. The van der Waals surface area contributed by atoms with E-state index in [-0.39, 0.29) is 11.3 Å². The molecular weight excluding hydrogens is 248 g/mol. The molecule has 0 spiro atoms. The van der Waals surface area contributed by atoms with Gasteiger partial charge in [-0.15, -0.1) is 5.10 Å². The van der Waals surface area contributed by atoms with Crippen LogP contribution in [0.5, 0.6) is 0 Å². The standard InChI is InChI=1S/C11H20N6S/c1-8(2)13-11(4,7-12)6-9(3)18-10-14-15-16-17(10)5/h8-9,13H,6H2,1-5H3. The quantitative estimate of drug-likeness (QED) is 0.785. The van der Waals surface area contributed by atoms with Gasteiger partial charge < -0.3 is 0 Å². The van der Waals surface area contributed by atoms with Crippen LogP contribution in [-0.2, 0) is 7.05 Å². The van der Waals surface area contributed by atoms with Gasteiger partial charge in [-0.05, 0) is 37.6 Å². The fourth-order valence-corrected chi connectivity index (χ4v) is 2.94. The molecule has 1 heterocycles. The van der Waals surface area contributed by atoms with Gasteiger partial charge in [0.25, 0.3) is 0 Å². The van der Waals surface area contributed by atoms with Crippen LogP contribution < -0.4 is 5.32 Å². The third kappa shape index (κ3) is 4.27. The van der Waals surface area contributed by atoms with E-state index in [1.165, 1.54) is 0 Å². The zero-order valence-corrected chi connectivity index (χ0v) is 12.3. The summed E-state index contributed by atoms with van der Waals surface area (Å²) in [5.41, 5.74) is -0.521. The van der Waals surface area contributed by atoms with Gasteiger partial charge in [-0.3, -0.25) is 5.32 Å². The minimum Gasteiger partial charge on any atom is -0.297 e. The monoisotopic (exact) mass is 268 g/mol. The van der Waals surface area contributed by atoms with E-state index in [0.29, 0.717) is 0 Å². The summed E-state index contributed by atoms with van der Waals surface area (Å²) in [6.07, 6.45) is 0.735. The van der Waals surface area contributed by atoms with Crippen LogP contribution >= 0.6 is 11.8 Å². The number of nitriles is 1. The number of aryl methyl sites for hydroxylation is 1. The Morgan fingerprint density at radius 1 is 1.50 bits per heavy atom. The van der Waals surface area contributed by atoms with E-state index >= 15 is 0 Å². The van der Waals surface area contributed by atoms with Crippen molar-refractivity contribution in [3.8, 4) is 6.07 Å². The summed E-state index contributed by atoms with van der Waals surface area (Å²) in [4.78, 5) is 0. The van der Waals surface area contributed by atoms with Gasteiger partial charge in [-0.25, -0.2) is 4.68 Å². The van der Waals surface area contributed by atoms with Crippen molar-refractivity contribution in [1.82, 2.24) is 25.5 Å². The molecule has 0 amide bonds. The Kier molecular flexibility index (Phi) is 5.11. The van der Waals surface area contributed by atoms with Crippen molar-refractivity contribution in [2.24, 2.45) is 7.05 Å². The molecule has 7 heteroatoms. The summed E-state index contributed by atoms with van der Waals surface area (Å²) < 4.78 is 1.64. The maximum Gasteiger partial charge on any atom is 0.209 e. The molecule has 1 aromatic heterocycles. The van der Waals surface area contributed by atoms with Crippen molar-refractivity contribution in [3.05, 3.63) is 0 Å². The highest BCUT2D eigenvalue weighted by atomic mass is 32.2. The summed E-state index contributed by atoms with van der Waals surface area (Å²) in [6, 6.07) is 2.63. The molecule has 100 valence electrons. The van der Waals surface area contributed by atoms with Gasteiger partial charge in [-0.2, -0.15) is 5.26 Å². The van der Waals surface area contributed by atoms with Gasteiger partial charge in [-0.1, -0.05) is 18.7 Å². The van der Waals surface area contributed by atoms with Crippen LogP contribution in [0.2, 0.25) is 0 Å². The Labute approximate surface area is 112 Å². The Balaban J connectivity index is 2.60. The van der Waals surface area contributed by atoms with Gasteiger partial charge in [0.05, 0.1) is 6.07 Å². The minimum atomic E-state index is -0.521. The number of tetrazole rings is 1. The highest BCUT2D eigenvalue weighted by Gasteiger charge is 2.27. The highest BCUT2D eigenvalue weighted by molar-refractivity contribution is 7.99. The normalized spacial score (nSPS) is 16.3. The molecule has 0 aliphatic rings. The van der Waals surface area contributed by atoms with E-state index in [9.17, 15) is 5.26 Å². The third-order valence-corrected chi connectivity index (χ3v) is 3.56. The van der Waals surface area contributed by atoms with Crippen molar-refractivity contribution in [2.45, 2.75) is 56.1 Å². The molecule has 2 unspecified atom stereocenters. The lowest BCUT2D eigenvalue weighted by Gasteiger charge is -2.28. The Bertz CT molecular complexity index is 423. The van der Waals surface area contributed by atoms with Crippen molar-refractivity contribution in [3.63, 3.8) is 0 Å². The second-order valence-corrected chi connectivity index (χ2v) is 6.37. The van der Waals surface area contributed by atoms with E-state index in [4.69, 9.17) is 0 Å². The van der Waals surface area contributed by atoms with Gasteiger partial charge in [0.2, 0.25) is 5.16 Å². The lowest BCUT2D eigenvalue weighted by molar-refractivity contribution is 0.382. The molecule has 0 bridgehead atoms. The average Bonchev–Trinajstić information content (AvgIpc) is 2.63. The van der Waals surface area contributed by atoms with Crippen LogP contribution in [0.3, 0.4) is 0 Å². The molecule has 0 saturated heterocycles. The number of nitrogens with one attached hydrogen (secondary N) is 1. The molecule has 0 aromatic carbocycles. The van der Waals surface area contributed by atoms with Crippen molar-refractivity contribution >= 4 is 11.8 Å². The molecule has 0 aliphatic heterocycles. The molecule has 1 N–H and O–H groups in total. The van der Waals surface area contributed by atoms with Gasteiger partial charge in [0.15, 0.2) is 0 Å². The van der Waals surface area contributed by atoms with Gasteiger partial charge >= 0.3 is 0 Å². The maximum atomic E-state index is 9.30. The van der Waals surface area contributed by atoms with Crippen molar-refractivity contribution in [1.29, 1.82) is 5.26 Å². The summed E-state index contributed by atoms with van der Waals surface area (Å²) in [5, 5.41) is 24.9. The lowest BCUT2D eigenvalue weighted by atomic mass is 9.97.